The van der Waals surface area contributed by atoms with Crippen molar-refractivity contribution in [3.05, 3.63) is 167 Å². The predicted molar refractivity (Wildman–Crippen MR) is 198 cm³/mol. The van der Waals surface area contributed by atoms with Gasteiger partial charge in [0.15, 0.2) is 0 Å². The van der Waals surface area contributed by atoms with Gasteiger partial charge in [0, 0.05) is 0 Å². The molecule has 44 heavy (non-hydrogen) atoms. The van der Waals surface area contributed by atoms with Crippen LogP contribution in [0.1, 0.15) is 33.4 Å². The van der Waals surface area contributed by atoms with Gasteiger partial charge in [-0.3, -0.25) is 0 Å². The molecule has 0 bridgehead atoms. The Hall–Kier alpha value is -3.82. The lowest BCUT2D eigenvalue weighted by Gasteiger charge is -2.30. The fourth-order valence-corrected chi connectivity index (χ4v) is 12.1. The maximum absolute atomic E-state index is 2.41. The molecule has 0 atom stereocenters. The summed E-state index contributed by atoms with van der Waals surface area (Å²) in [7, 11) is -1.61. The van der Waals surface area contributed by atoms with Gasteiger partial charge in [0.1, 0.15) is 0 Å². The highest BCUT2D eigenvalue weighted by Crippen LogP contribution is 2.44. The van der Waals surface area contributed by atoms with Gasteiger partial charge in [-0.1, -0.05) is 133 Å². The minimum atomic E-state index is -0.806. The van der Waals surface area contributed by atoms with Gasteiger partial charge in [-0.05, 0) is 134 Å². The lowest BCUT2D eigenvalue weighted by atomic mass is 9.96. The number of rotatable bonds is 7. The fraction of sp³-hybridized carbons (Fsp3) is 0.143. The van der Waals surface area contributed by atoms with Crippen molar-refractivity contribution in [1.82, 2.24) is 0 Å². The third-order valence-electron chi connectivity index (χ3n) is 8.66. The van der Waals surface area contributed by atoms with Crippen molar-refractivity contribution in [1.29, 1.82) is 0 Å². The van der Waals surface area contributed by atoms with Crippen molar-refractivity contribution in [3.63, 3.8) is 0 Å². The zero-order valence-electron chi connectivity index (χ0n) is 26.6. The molecule has 6 rings (SSSR count). The summed E-state index contributed by atoms with van der Waals surface area (Å²) in [5.41, 5.74) is 10.8. The van der Waals surface area contributed by atoms with E-state index >= 15 is 0 Å². The third-order valence-corrected chi connectivity index (χ3v) is 14.3. The molecule has 0 saturated carbocycles. The summed E-state index contributed by atoms with van der Waals surface area (Å²) >= 11 is 0. The topological polar surface area (TPSA) is 0 Å². The van der Waals surface area contributed by atoms with Crippen molar-refractivity contribution < 1.29 is 0 Å². The van der Waals surface area contributed by atoms with Gasteiger partial charge < -0.3 is 0 Å². The van der Waals surface area contributed by atoms with E-state index in [-0.39, 0.29) is 0 Å². The van der Waals surface area contributed by atoms with E-state index in [0.29, 0.717) is 0 Å². The van der Waals surface area contributed by atoms with Crippen LogP contribution < -0.4 is 31.8 Å². The van der Waals surface area contributed by atoms with Gasteiger partial charge in [-0.2, -0.15) is 0 Å². The second kappa shape index (κ2) is 13.0. The van der Waals surface area contributed by atoms with E-state index in [0.717, 1.165) is 0 Å². The maximum atomic E-state index is 2.41. The van der Waals surface area contributed by atoms with E-state index in [4.69, 9.17) is 0 Å². The predicted octanol–water partition coefficient (Wildman–Crippen LogP) is 8.72. The van der Waals surface area contributed by atoms with Crippen LogP contribution in [0.2, 0.25) is 0 Å². The van der Waals surface area contributed by atoms with Crippen LogP contribution in [-0.2, 0) is 0 Å². The largest absolute Gasteiger partial charge is 0.0620 e. The first-order valence-electron chi connectivity index (χ1n) is 15.4. The molecule has 0 aliphatic heterocycles. The Bertz CT molecular complexity index is 1720. The molecule has 0 aliphatic rings. The summed E-state index contributed by atoms with van der Waals surface area (Å²) in [6.07, 6.45) is 0. The Morgan fingerprint density at radius 1 is 0.250 bits per heavy atom. The normalized spacial score (nSPS) is 11.4. The summed E-state index contributed by atoms with van der Waals surface area (Å²) in [6, 6.07) is 50.0. The van der Waals surface area contributed by atoms with Crippen LogP contribution in [0.15, 0.2) is 133 Å². The molecule has 0 aromatic heterocycles. The van der Waals surface area contributed by atoms with Crippen LogP contribution in [0, 0.1) is 41.5 Å². The third kappa shape index (κ3) is 5.71. The second-order valence-corrected chi connectivity index (χ2v) is 16.0. The van der Waals surface area contributed by atoms with E-state index in [1.165, 1.54) is 76.3 Å². The van der Waals surface area contributed by atoms with Crippen LogP contribution in [0.4, 0.5) is 0 Å². The summed E-state index contributed by atoms with van der Waals surface area (Å²) in [5.74, 6) is 0. The van der Waals surface area contributed by atoms with E-state index in [1.807, 2.05) is 0 Å². The zero-order valence-corrected chi connectivity index (χ0v) is 28.4. The van der Waals surface area contributed by atoms with Gasteiger partial charge in [-0.15, -0.1) is 0 Å². The first-order chi connectivity index (χ1) is 21.4. The first kappa shape index (κ1) is 30.2. The Labute approximate surface area is 266 Å². The summed E-state index contributed by atoms with van der Waals surface area (Å²) in [6.45, 7) is 13.7. The molecular weight excluding hydrogens is 566 g/mol. The van der Waals surface area contributed by atoms with Gasteiger partial charge in [0.25, 0.3) is 0 Å². The summed E-state index contributed by atoms with van der Waals surface area (Å²) in [5, 5.41) is 8.59. The number of aryl methyl sites for hydroxylation is 6. The molecule has 0 N–H and O–H groups in total. The zero-order chi connectivity index (χ0) is 30.8. The first-order valence-corrected chi connectivity index (χ1v) is 18.1. The molecule has 0 radical (unpaired) electrons. The van der Waals surface area contributed by atoms with Crippen molar-refractivity contribution in [3.8, 4) is 11.1 Å². The molecule has 0 nitrogen and oxygen atoms in total. The molecule has 0 fully saturated rings. The van der Waals surface area contributed by atoms with Crippen molar-refractivity contribution in [2.45, 2.75) is 41.5 Å². The Morgan fingerprint density at radius 3 is 0.750 bits per heavy atom. The molecule has 0 spiro atoms. The average molecular weight is 607 g/mol. The van der Waals surface area contributed by atoms with E-state index < -0.39 is 15.8 Å². The van der Waals surface area contributed by atoms with Crippen LogP contribution in [0.25, 0.3) is 11.1 Å². The molecule has 0 saturated heterocycles. The Morgan fingerprint density at radius 2 is 0.477 bits per heavy atom. The molecule has 6 aromatic carbocycles. The highest BCUT2D eigenvalue weighted by Gasteiger charge is 2.29. The molecule has 0 heterocycles. The minimum Gasteiger partial charge on any atom is -0.0620 e. The van der Waals surface area contributed by atoms with Crippen molar-refractivity contribution in [2.24, 2.45) is 0 Å². The molecular formula is C42H40P2. The standard InChI is InChI=1S/C42H40P2/c1-29-17-7-11-23-35(29)43(36-24-12-8-18-30(36)2)39-27-15-21-33(5)41(39)42-34(6)22-16-28-40(42)44(37-25-13-9-19-31(37)3)38-26-14-10-20-32(38)4/h7-28H,1-6H3. The lowest BCUT2D eigenvalue weighted by Crippen LogP contribution is -2.29. The van der Waals surface area contributed by atoms with Crippen LogP contribution in [0.5, 0.6) is 0 Å². The van der Waals surface area contributed by atoms with Crippen LogP contribution >= 0.6 is 15.8 Å². The smallest absolute Gasteiger partial charge is 0.00617 e. The summed E-state index contributed by atoms with van der Waals surface area (Å²) < 4.78 is 0. The molecule has 0 amide bonds. The van der Waals surface area contributed by atoms with Crippen LogP contribution in [0.3, 0.4) is 0 Å². The van der Waals surface area contributed by atoms with Gasteiger partial charge in [0.2, 0.25) is 0 Å². The number of benzene rings is 6. The lowest BCUT2D eigenvalue weighted by molar-refractivity contribution is 1.43. The van der Waals surface area contributed by atoms with Gasteiger partial charge >= 0.3 is 0 Å². The molecule has 0 aliphatic carbocycles. The second-order valence-electron chi connectivity index (χ2n) is 11.8. The van der Waals surface area contributed by atoms with E-state index in [9.17, 15) is 0 Å². The SMILES string of the molecule is Cc1ccccc1P(c1ccccc1C)c1cccc(C)c1-c1c(C)cccc1P(c1ccccc1C)c1ccccc1C. The van der Waals surface area contributed by atoms with Gasteiger partial charge in [-0.25, -0.2) is 0 Å². The van der Waals surface area contributed by atoms with Crippen molar-refractivity contribution >= 4 is 47.7 Å². The summed E-state index contributed by atoms with van der Waals surface area (Å²) in [4.78, 5) is 0. The molecule has 218 valence electrons. The quantitative estimate of drug-likeness (QED) is 0.160. The Kier molecular flexibility index (Phi) is 8.96. The van der Waals surface area contributed by atoms with Gasteiger partial charge in [0.05, 0.1) is 0 Å². The van der Waals surface area contributed by atoms with E-state index in [1.54, 1.807) is 0 Å². The average Bonchev–Trinajstić information content (AvgIpc) is 3.02. The molecule has 0 unspecified atom stereocenters. The monoisotopic (exact) mass is 606 g/mol. The molecule has 2 heteroatoms. The minimum absolute atomic E-state index is 0.806. The Balaban J connectivity index is 1.70. The number of hydrogen-bond acceptors (Lipinski definition) is 0. The fourth-order valence-electron chi connectivity index (χ4n) is 6.36. The maximum Gasteiger partial charge on any atom is -0.00617 e. The highest BCUT2D eigenvalue weighted by molar-refractivity contribution is 7.81. The highest BCUT2D eigenvalue weighted by atomic mass is 31.1. The van der Waals surface area contributed by atoms with Crippen LogP contribution in [-0.4, -0.2) is 0 Å². The van der Waals surface area contributed by atoms with Crippen molar-refractivity contribution in [2.75, 3.05) is 0 Å². The molecule has 6 aromatic rings. The van der Waals surface area contributed by atoms with E-state index in [2.05, 4.69) is 175 Å². The number of hydrogen-bond donors (Lipinski definition) is 0.